The second kappa shape index (κ2) is 9.11. The Morgan fingerprint density at radius 1 is 1.00 bits per heavy atom. The molecule has 1 N–H and O–H groups in total. The van der Waals surface area contributed by atoms with Gasteiger partial charge in [0.25, 0.3) is 0 Å². The molecule has 2 aromatic carbocycles. The van der Waals surface area contributed by atoms with Crippen molar-refractivity contribution < 1.29 is 0 Å². The molecule has 0 bridgehead atoms. The quantitative estimate of drug-likeness (QED) is 0.621. The predicted molar refractivity (Wildman–Crippen MR) is 97.2 cm³/mol. The molecule has 0 aliphatic carbocycles. The van der Waals surface area contributed by atoms with Gasteiger partial charge in [-0.15, -0.1) is 0 Å². The average molecular weight is 301 g/mol. The third-order valence-electron chi connectivity index (χ3n) is 3.77. The first kappa shape index (κ1) is 16.4. The standard InChI is InChI=1S/C19H27NS/c1-3-5-14-21-15-19(20-13-4-2)18-12-8-10-16-9-6-7-11-17(16)18/h6-12,19-20H,3-5,13-15H2,1-2H3. The van der Waals surface area contributed by atoms with Crippen LogP contribution in [0.5, 0.6) is 0 Å². The smallest absolute Gasteiger partial charge is 0.0418 e. The number of rotatable bonds is 9. The summed E-state index contributed by atoms with van der Waals surface area (Å²) in [6, 6.07) is 15.9. The summed E-state index contributed by atoms with van der Waals surface area (Å²) in [5.74, 6) is 2.43. The number of hydrogen-bond acceptors (Lipinski definition) is 2. The maximum Gasteiger partial charge on any atom is 0.0418 e. The van der Waals surface area contributed by atoms with Gasteiger partial charge in [0, 0.05) is 11.8 Å². The van der Waals surface area contributed by atoms with E-state index in [1.54, 1.807) is 0 Å². The molecule has 2 heteroatoms. The molecule has 0 heterocycles. The van der Waals surface area contributed by atoms with E-state index in [1.165, 1.54) is 41.4 Å². The number of thioether (sulfide) groups is 1. The van der Waals surface area contributed by atoms with Gasteiger partial charge < -0.3 is 5.32 Å². The minimum absolute atomic E-state index is 0.456. The molecule has 0 spiro atoms. The third-order valence-corrected chi connectivity index (χ3v) is 4.91. The Balaban J connectivity index is 2.17. The molecule has 1 unspecified atom stereocenters. The zero-order valence-corrected chi connectivity index (χ0v) is 14.1. The second-order valence-electron chi connectivity index (χ2n) is 5.50. The Kier molecular flexibility index (Phi) is 7.11. The summed E-state index contributed by atoms with van der Waals surface area (Å²) in [6.45, 7) is 5.58. The van der Waals surface area contributed by atoms with Gasteiger partial charge in [0.05, 0.1) is 0 Å². The van der Waals surface area contributed by atoms with Gasteiger partial charge in [0.1, 0.15) is 0 Å². The summed E-state index contributed by atoms with van der Waals surface area (Å²) in [5.41, 5.74) is 1.45. The second-order valence-corrected chi connectivity index (χ2v) is 6.65. The van der Waals surface area contributed by atoms with Gasteiger partial charge in [0.2, 0.25) is 0 Å². The fourth-order valence-electron chi connectivity index (χ4n) is 2.58. The number of benzene rings is 2. The molecule has 0 saturated heterocycles. The molecule has 0 aromatic heterocycles. The van der Waals surface area contributed by atoms with E-state index in [0.29, 0.717) is 6.04 Å². The minimum Gasteiger partial charge on any atom is -0.309 e. The molecule has 0 amide bonds. The molecule has 1 atom stereocenters. The highest BCUT2D eigenvalue weighted by Crippen LogP contribution is 2.27. The van der Waals surface area contributed by atoms with Crippen LogP contribution >= 0.6 is 11.8 Å². The van der Waals surface area contributed by atoms with Gasteiger partial charge in [-0.2, -0.15) is 11.8 Å². The van der Waals surface area contributed by atoms with E-state index in [0.717, 1.165) is 12.3 Å². The summed E-state index contributed by atoms with van der Waals surface area (Å²) < 4.78 is 0. The fraction of sp³-hybridized carbons (Fsp3) is 0.474. The summed E-state index contributed by atoms with van der Waals surface area (Å²) in [4.78, 5) is 0. The lowest BCUT2D eigenvalue weighted by Gasteiger charge is -2.20. The van der Waals surface area contributed by atoms with Gasteiger partial charge in [0.15, 0.2) is 0 Å². The van der Waals surface area contributed by atoms with Crippen molar-refractivity contribution in [3.05, 3.63) is 48.0 Å². The lowest BCUT2D eigenvalue weighted by molar-refractivity contribution is 0.580. The molecule has 0 aliphatic rings. The van der Waals surface area contributed by atoms with Crippen LogP contribution in [0.3, 0.4) is 0 Å². The average Bonchev–Trinajstić information content (AvgIpc) is 2.54. The lowest BCUT2D eigenvalue weighted by Crippen LogP contribution is -2.24. The molecule has 0 radical (unpaired) electrons. The Hall–Kier alpha value is -0.990. The van der Waals surface area contributed by atoms with E-state index in [2.05, 4.69) is 73.4 Å². The van der Waals surface area contributed by atoms with Crippen LogP contribution in [0.15, 0.2) is 42.5 Å². The van der Waals surface area contributed by atoms with Gasteiger partial charge in [-0.1, -0.05) is 62.7 Å². The zero-order chi connectivity index (χ0) is 14.9. The zero-order valence-electron chi connectivity index (χ0n) is 13.3. The highest BCUT2D eigenvalue weighted by molar-refractivity contribution is 7.99. The fourth-order valence-corrected chi connectivity index (χ4v) is 3.77. The maximum atomic E-state index is 3.73. The highest BCUT2D eigenvalue weighted by atomic mass is 32.2. The van der Waals surface area contributed by atoms with Crippen molar-refractivity contribution in [3.63, 3.8) is 0 Å². The molecule has 2 aromatic rings. The SMILES string of the molecule is CCCCSCC(NCCC)c1cccc2ccccc12. The predicted octanol–water partition coefficient (Wildman–Crippen LogP) is 5.41. The van der Waals surface area contributed by atoms with E-state index in [-0.39, 0.29) is 0 Å². The van der Waals surface area contributed by atoms with Crippen molar-refractivity contribution in [3.8, 4) is 0 Å². The minimum atomic E-state index is 0.456. The van der Waals surface area contributed by atoms with E-state index in [4.69, 9.17) is 0 Å². The third kappa shape index (κ3) is 4.76. The van der Waals surface area contributed by atoms with E-state index in [1.807, 2.05) is 0 Å². The molecule has 21 heavy (non-hydrogen) atoms. The van der Waals surface area contributed by atoms with Crippen molar-refractivity contribution in [2.45, 2.75) is 39.2 Å². The van der Waals surface area contributed by atoms with Gasteiger partial charge in [-0.05, 0) is 41.5 Å². The van der Waals surface area contributed by atoms with Crippen LogP contribution in [0.1, 0.15) is 44.7 Å². The van der Waals surface area contributed by atoms with Crippen LogP contribution < -0.4 is 5.32 Å². The number of hydrogen-bond donors (Lipinski definition) is 1. The normalized spacial score (nSPS) is 12.7. The Labute approximate surface area is 133 Å². The topological polar surface area (TPSA) is 12.0 Å². The van der Waals surface area contributed by atoms with Crippen LogP contribution in [0.4, 0.5) is 0 Å². The monoisotopic (exact) mass is 301 g/mol. The Bertz CT molecular complexity index is 533. The molecule has 1 nitrogen and oxygen atoms in total. The summed E-state index contributed by atoms with van der Waals surface area (Å²) in [6.07, 6.45) is 3.79. The Morgan fingerprint density at radius 3 is 2.62 bits per heavy atom. The number of fused-ring (bicyclic) bond motifs is 1. The molecule has 0 saturated carbocycles. The van der Waals surface area contributed by atoms with Crippen molar-refractivity contribution in [1.82, 2.24) is 5.32 Å². The van der Waals surface area contributed by atoms with Gasteiger partial charge in [-0.3, -0.25) is 0 Å². The van der Waals surface area contributed by atoms with E-state index >= 15 is 0 Å². The summed E-state index contributed by atoms with van der Waals surface area (Å²) >= 11 is 2.08. The first-order chi connectivity index (χ1) is 10.4. The molecule has 2 rings (SSSR count). The lowest BCUT2D eigenvalue weighted by atomic mass is 9.99. The molecule has 0 fully saturated rings. The van der Waals surface area contributed by atoms with Gasteiger partial charge in [-0.25, -0.2) is 0 Å². The number of unbranched alkanes of at least 4 members (excludes halogenated alkanes) is 1. The van der Waals surface area contributed by atoms with Crippen molar-refractivity contribution in [1.29, 1.82) is 0 Å². The van der Waals surface area contributed by atoms with Crippen LogP contribution in [0.2, 0.25) is 0 Å². The molecule has 114 valence electrons. The van der Waals surface area contributed by atoms with Gasteiger partial charge >= 0.3 is 0 Å². The van der Waals surface area contributed by atoms with E-state index in [9.17, 15) is 0 Å². The maximum absolute atomic E-state index is 3.73. The van der Waals surface area contributed by atoms with Crippen molar-refractivity contribution >= 4 is 22.5 Å². The van der Waals surface area contributed by atoms with Crippen LogP contribution in [-0.2, 0) is 0 Å². The Morgan fingerprint density at radius 2 is 1.81 bits per heavy atom. The first-order valence-corrected chi connectivity index (χ1v) is 9.31. The summed E-state index contributed by atoms with van der Waals surface area (Å²) in [7, 11) is 0. The molecule has 0 aliphatic heterocycles. The highest BCUT2D eigenvalue weighted by Gasteiger charge is 2.13. The molecular formula is C19H27NS. The van der Waals surface area contributed by atoms with Crippen molar-refractivity contribution in [2.75, 3.05) is 18.1 Å². The van der Waals surface area contributed by atoms with E-state index < -0.39 is 0 Å². The van der Waals surface area contributed by atoms with Crippen LogP contribution in [0, 0.1) is 0 Å². The summed E-state index contributed by atoms with van der Waals surface area (Å²) in [5, 5.41) is 6.47. The largest absolute Gasteiger partial charge is 0.309 e. The van der Waals surface area contributed by atoms with Crippen LogP contribution in [-0.4, -0.2) is 18.1 Å². The van der Waals surface area contributed by atoms with Crippen molar-refractivity contribution in [2.24, 2.45) is 0 Å². The molecular weight excluding hydrogens is 274 g/mol. The van der Waals surface area contributed by atoms with Crippen LogP contribution in [0.25, 0.3) is 10.8 Å². The number of nitrogens with one attached hydrogen (secondary N) is 1. The first-order valence-electron chi connectivity index (χ1n) is 8.15.